The van der Waals surface area contributed by atoms with Gasteiger partial charge in [0.25, 0.3) is 5.91 Å². The molecule has 0 radical (unpaired) electrons. The van der Waals surface area contributed by atoms with Gasteiger partial charge in [0.1, 0.15) is 11.3 Å². The number of benzene rings is 1. The third-order valence-electron chi connectivity index (χ3n) is 2.17. The van der Waals surface area contributed by atoms with E-state index in [1.165, 1.54) is 11.3 Å². The van der Waals surface area contributed by atoms with E-state index in [9.17, 15) is 4.79 Å². The first kappa shape index (κ1) is 12.5. The minimum atomic E-state index is -0.245. The van der Waals surface area contributed by atoms with E-state index in [-0.39, 0.29) is 12.5 Å². The molecular weight excluding hydrogens is 250 g/mol. The lowest BCUT2D eigenvalue weighted by Gasteiger charge is -2.07. The van der Waals surface area contributed by atoms with Crippen LogP contribution in [0.3, 0.4) is 0 Å². The lowest BCUT2D eigenvalue weighted by molar-refractivity contribution is -0.118. The Hall–Kier alpha value is -1.95. The molecule has 1 aromatic heterocycles. The Morgan fingerprint density at radius 1 is 1.33 bits per heavy atom. The molecule has 0 saturated carbocycles. The van der Waals surface area contributed by atoms with E-state index in [1.807, 2.05) is 32.0 Å². The molecule has 1 heterocycles. The van der Waals surface area contributed by atoms with Crippen molar-refractivity contribution in [3.63, 3.8) is 0 Å². The molecular formula is C12H13N3O2S. The summed E-state index contributed by atoms with van der Waals surface area (Å²) >= 11 is 1.27. The van der Waals surface area contributed by atoms with Gasteiger partial charge < -0.3 is 4.74 Å². The first-order valence-corrected chi connectivity index (χ1v) is 6.28. The minimum Gasteiger partial charge on any atom is -0.484 e. The Bertz CT molecular complexity index is 520. The van der Waals surface area contributed by atoms with Gasteiger partial charge in [-0.2, -0.15) is 0 Å². The molecule has 0 aliphatic carbocycles. The topological polar surface area (TPSA) is 64.1 Å². The number of rotatable bonds is 4. The molecule has 0 aliphatic heterocycles. The fourth-order valence-corrected chi connectivity index (χ4v) is 2.01. The molecule has 0 aliphatic rings. The van der Waals surface area contributed by atoms with Crippen molar-refractivity contribution in [3.05, 3.63) is 34.8 Å². The van der Waals surface area contributed by atoms with Crippen molar-refractivity contribution in [1.29, 1.82) is 0 Å². The highest BCUT2D eigenvalue weighted by atomic mass is 32.1. The van der Waals surface area contributed by atoms with Crippen LogP contribution < -0.4 is 10.1 Å². The van der Waals surface area contributed by atoms with Gasteiger partial charge in [0, 0.05) is 0 Å². The van der Waals surface area contributed by atoms with Crippen LogP contribution in [0.25, 0.3) is 0 Å². The summed E-state index contributed by atoms with van der Waals surface area (Å²) in [7, 11) is 0. The number of carbonyl (C=O) groups excluding carboxylic acids is 1. The molecule has 0 bridgehead atoms. The highest BCUT2D eigenvalue weighted by Crippen LogP contribution is 2.16. The molecule has 0 fully saturated rings. The zero-order chi connectivity index (χ0) is 13.0. The van der Waals surface area contributed by atoms with E-state index in [4.69, 9.17) is 4.74 Å². The molecule has 94 valence electrons. The van der Waals surface area contributed by atoms with E-state index in [2.05, 4.69) is 15.5 Å². The van der Waals surface area contributed by atoms with Crippen LogP contribution in [-0.2, 0) is 4.79 Å². The zero-order valence-electron chi connectivity index (χ0n) is 10.1. The summed E-state index contributed by atoms with van der Waals surface area (Å²) in [6.07, 6.45) is 0. The van der Waals surface area contributed by atoms with Crippen LogP contribution in [0.4, 0.5) is 5.13 Å². The van der Waals surface area contributed by atoms with E-state index in [0.29, 0.717) is 10.9 Å². The summed E-state index contributed by atoms with van der Waals surface area (Å²) in [4.78, 5) is 11.6. The number of nitrogens with zero attached hydrogens (tertiary/aromatic N) is 2. The molecule has 1 aromatic carbocycles. The zero-order valence-corrected chi connectivity index (χ0v) is 11.0. The van der Waals surface area contributed by atoms with Gasteiger partial charge >= 0.3 is 0 Å². The maximum Gasteiger partial charge on any atom is 0.264 e. The van der Waals surface area contributed by atoms with Gasteiger partial charge in [-0.3, -0.25) is 10.1 Å². The van der Waals surface area contributed by atoms with Crippen molar-refractivity contribution in [2.24, 2.45) is 0 Å². The van der Waals surface area contributed by atoms with E-state index in [1.54, 1.807) is 5.51 Å². The van der Waals surface area contributed by atoms with Crippen molar-refractivity contribution < 1.29 is 9.53 Å². The highest BCUT2D eigenvalue weighted by molar-refractivity contribution is 7.13. The van der Waals surface area contributed by atoms with Gasteiger partial charge in [0.2, 0.25) is 5.13 Å². The number of anilines is 1. The predicted octanol–water partition coefficient (Wildman–Crippen LogP) is 2.17. The average Bonchev–Trinajstić information content (AvgIpc) is 2.78. The Kier molecular flexibility index (Phi) is 3.88. The van der Waals surface area contributed by atoms with Crippen LogP contribution in [0, 0.1) is 13.8 Å². The molecule has 5 nitrogen and oxygen atoms in total. The number of amides is 1. The van der Waals surface area contributed by atoms with Crippen LogP contribution in [0.1, 0.15) is 11.1 Å². The molecule has 1 amide bonds. The van der Waals surface area contributed by atoms with Crippen LogP contribution >= 0.6 is 11.3 Å². The number of nitrogens with one attached hydrogen (secondary N) is 1. The van der Waals surface area contributed by atoms with Crippen molar-refractivity contribution in [1.82, 2.24) is 10.2 Å². The third-order valence-corrected chi connectivity index (χ3v) is 2.78. The summed E-state index contributed by atoms with van der Waals surface area (Å²) in [5.41, 5.74) is 3.77. The second-order valence-corrected chi connectivity index (χ2v) is 4.74. The second-order valence-electron chi connectivity index (χ2n) is 3.90. The van der Waals surface area contributed by atoms with Crippen LogP contribution in [0.2, 0.25) is 0 Å². The number of aromatic nitrogens is 2. The molecule has 0 atom stereocenters. The number of hydrogen-bond acceptors (Lipinski definition) is 5. The molecule has 2 aromatic rings. The SMILES string of the molecule is Cc1cc(C)cc(OCC(=O)Nc2nncs2)c1. The smallest absolute Gasteiger partial charge is 0.264 e. The molecule has 18 heavy (non-hydrogen) atoms. The standard InChI is InChI=1S/C12H13N3O2S/c1-8-3-9(2)5-10(4-8)17-6-11(16)14-12-15-13-7-18-12/h3-5,7H,6H2,1-2H3,(H,14,15,16). The molecule has 1 N–H and O–H groups in total. The summed E-state index contributed by atoms with van der Waals surface area (Å²) in [6, 6.07) is 5.84. The third kappa shape index (κ3) is 3.53. The Morgan fingerprint density at radius 3 is 2.67 bits per heavy atom. The molecule has 0 saturated heterocycles. The van der Waals surface area contributed by atoms with Crippen LogP contribution in [0.15, 0.2) is 23.7 Å². The van der Waals surface area contributed by atoms with Gasteiger partial charge in [-0.05, 0) is 37.1 Å². The number of carbonyl (C=O) groups is 1. The fraction of sp³-hybridized carbons (Fsp3) is 0.250. The monoisotopic (exact) mass is 263 g/mol. The van der Waals surface area contributed by atoms with Gasteiger partial charge in [0.05, 0.1) is 0 Å². The molecule has 0 spiro atoms. The van der Waals surface area contributed by atoms with Crippen molar-refractivity contribution >= 4 is 22.4 Å². The lowest BCUT2D eigenvalue weighted by atomic mass is 10.1. The second kappa shape index (κ2) is 5.59. The molecule has 2 rings (SSSR count). The minimum absolute atomic E-state index is 0.0392. The van der Waals surface area contributed by atoms with E-state index >= 15 is 0 Å². The van der Waals surface area contributed by atoms with Gasteiger partial charge in [-0.25, -0.2) is 0 Å². The molecule has 6 heteroatoms. The first-order valence-electron chi connectivity index (χ1n) is 5.40. The van der Waals surface area contributed by atoms with Gasteiger partial charge in [-0.15, -0.1) is 10.2 Å². The largest absolute Gasteiger partial charge is 0.484 e. The fourth-order valence-electron chi connectivity index (χ4n) is 1.55. The predicted molar refractivity (Wildman–Crippen MR) is 69.9 cm³/mol. The summed E-state index contributed by atoms with van der Waals surface area (Å²) in [6.45, 7) is 3.94. The average molecular weight is 263 g/mol. The van der Waals surface area contributed by atoms with Crippen molar-refractivity contribution in [3.8, 4) is 5.75 Å². The summed E-state index contributed by atoms with van der Waals surface area (Å²) < 4.78 is 5.42. The van der Waals surface area contributed by atoms with Crippen molar-refractivity contribution in [2.75, 3.05) is 11.9 Å². The van der Waals surface area contributed by atoms with Gasteiger partial charge in [-0.1, -0.05) is 17.4 Å². The normalized spacial score (nSPS) is 10.1. The van der Waals surface area contributed by atoms with Gasteiger partial charge in [0.15, 0.2) is 6.61 Å². The number of aryl methyl sites for hydroxylation is 2. The Morgan fingerprint density at radius 2 is 2.06 bits per heavy atom. The maximum absolute atomic E-state index is 11.6. The lowest BCUT2D eigenvalue weighted by Crippen LogP contribution is -2.20. The van der Waals surface area contributed by atoms with E-state index in [0.717, 1.165) is 11.1 Å². The maximum atomic E-state index is 11.6. The Balaban J connectivity index is 1.89. The Labute approximate surface area is 109 Å². The summed E-state index contributed by atoms with van der Waals surface area (Å²) in [5.74, 6) is 0.450. The molecule has 0 unspecified atom stereocenters. The quantitative estimate of drug-likeness (QED) is 0.918. The highest BCUT2D eigenvalue weighted by Gasteiger charge is 2.06. The van der Waals surface area contributed by atoms with Crippen molar-refractivity contribution in [2.45, 2.75) is 13.8 Å². The van der Waals surface area contributed by atoms with Crippen LogP contribution in [0.5, 0.6) is 5.75 Å². The van der Waals surface area contributed by atoms with E-state index < -0.39 is 0 Å². The van der Waals surface area contributed by atoms with Crippen LogP contribution in [-0.4, -0.2) is 22.7 Å². The summed E-state index contributed by atoms with van der Waals surface area (Å²) in [5, 5.41) is 10.4. The first-order chi connectivity index (χ1) is 8.63. The number of hydrogen-bond donors (Lipinski definition) is 1. The number of ether oxygens (including phenoxy) is 1.